The van der Waals surface area contributed by atoms with Crippen molar-refractivity contribution in [1.82, 2.24) is 0 Å². The van der Waals surface area contributed by atoms with Crippen molar-refractivity contribution in [3.8, 4) is 0 Å². The number of oxime groups is 1. The molecule has 0 radical (unpaired) electrons. The zero-order chi connectivity index (χ0) is 14.8. The maximum absolute atomic E-state index is 8.73. The van der Waals surface area contributed by atoms with Gasteiger partial charge in [-0.15, -0.1) is 5.16 Å². The summed E-state index contributed by atoms with van der Waals surface area (Å²) in [6.45, 7) is 2.00. The van der Waals surface area contributed by atoms with Gasteiger partial charge in [0.1, 0.15) is 0 Å². The lowest BCUT2D eigenvalue weighted by atomic mass is 9.92. The molecular weight excluding hydrogens is 262 g/mol. The number of hydrogen-bond donors (Lipinski definition) is 1. The average Bonchev–Trinajstić information content (AvgIpc) is 3.14. The Bertz CT molecular complexity index is 474. The summed E-state index contributed by atoms with van der Waals surface area (Å²) in [4.78, 5) is 0. The van der Waals surface area contributed by atoms with E-state index in [0.717, 1.165) is 24.3 Å². The number of ether oxygens (including phenoxy) is 1. The molecule has 1 N–H and O–H groups in total. The van der Waals surface area contributed by atoms with Crippen molar-refractivity contribution in [2.45, 2.75) is 18.8 Å². The largest absolute Gasteiger partial charge is 0.411 e. The molecule has 3 heteroatoms. The van der Waals surface area contributed by atoms with E-state index in [1.165, 1.54) is 12.8 Å². The normalized spacial score (nSPS) is 14.1. The van der Waals surface area contributed by atoms with Gasteiger partial charge in [0, 0.05) is 19.1 Å². The van der Waals surface area contributed by atoms with Crippen molar-refractivity contribution >= 4 is 6.21 Å². The predicted octanol–water partition coefficient (Wildman–Crippen LogP) is 4.08. The highest BCUT2D eigenvalue weighted by Gasteiger charge is 2.10. The monoisotopic (exact) mass is 283 g/mol. The van der Waals surface area contributed by atoms with Gasteiger partial charge in [-0.1, -0.05) is 60.7 Å². The Labute approximate surface area is 125 Å². The van der Waals surface area contributed by atoms with Crippen LogP contribution in [0.1, 0.15) is 29.9 Å². The van der Waals surface area contributed by atoms with Crippen LogP contribution in [0.25, 0.3) is 0 Å². The lowest BCUT2D eigenvalue weighted by molar-refractivity contribution is 0.198. The molecule has 1 saturated heterocycles. The van der Waals surface area contributed by atoms with Crippen molar-refractivity contribution in [2.75, 3.05) is 13.2 Å². The average molecular weight is 283 g/mol. The molecule has 3 nitrogen and oxygen atoms in total. The van der Waals surface area contributed by atoms with E-state index in [0.29, 0.717) is 0 Å². The Hall–Kier alpha value is -2.13. The minimum Gasteiger partial charge on any atom is -0.411 e. The third kappa shape index (κ3) is 5.04. The first kappa shape index (κ1) is 15.3. The van der Waals surface area contributed by atoms with E-state index in [1.807, 2.05) is 60.7 Å². The summed E-state index contributed by atoms with van der Waals surface area (Å²) in [5.41, 5.74) is 2.23. The molecule has 0 amide bonds. The fourth-order valence-electron chi connectivity index (χ4n) is 2.26. The number of rotatable bonds is 3. The Morgan fingerprint density at radius 1 is 0.857 bits per heavy atom. The standard InChI is InChI=1S/C14H13NO.C4H8O/c16-15-11-14(12-7-3-1-4-8-12)13-9-5-2-6-10-13;1-2-4-5-3-1/h1-11,14,16H;1-4H2. The van der Waals surface area contributed by atoms with Crippen LogP contribution in [0.15, 0.2) is 65.8 Å². The molecule has 0 spiro atoms. The summed E-state index contributed by atoms with van der Waals surface area (Å²) >= 11 is 0. The van der Waals surface area contributed by atoms with Crippen LogP contribution in [0.2, 0.25) is 0 Å². The molecule has 110 valence electrons. The van der Waals surface area contributed by atoms with Gasteiger partial charge in [0.25, 0.3) is 0 Å². The minimum absolute atomic E-state index is 0.00685. The van der Waals surface area contributed by atoms with Crippen LogP contribution in [-0.2, 0) is 4.74 Å². The highest BCUT2D eigenvalue weighted by Crippen LogP contribution is 2.22. The molecule has 1 heterocycles. The molecular formula is C18H21NO2. The molecule has 21 heavy (non-hydrogen) atoms. The third-order valence-corrected chi connectivity index (χ3v) is 3.36. The van der Waals surface area contributed by atoms with Gasteiger partial charge >= 0.3 is 0 Å². The second-order valence-corrected chi connectivity index (χ2v) is 4.88. The molecule has 1 aliphatic rings. The van der Waals surface area contributed by atoms with Gasteiger partial charge in [-0.2, -0.15) is 0 Å². The summed E-state index contributed by atoms with van der Waals surface area (Å²) in [6.07, 6.45) is 4.10. The quantitative estimate of drug-likeness (QED) is 0.524. The van der Waals surface area contributed by atoms with E-state index in [-0.39, 0.29) is 5.92 Å². The minimum atomic E-state index is 0.00685. The second kappa shape index (κ2) is 8.93. The third-order valence-electron chi connectivity index (χ3n) is 3.36. The van der Waals surface area contributed by atoms with E-state index < -0.39 is 0 Å². The molecule has 0 aliphatic carbocycles. The van der Waals surface area contributed by atoms with E-state index in [2.05, 4.69) is 5.16 Å². The maximum Gasteiger partial charge on any atom is 0.0554 e. The number of nitrogens with zero attached hydrogens (tertiary/aromatic N) is 1. The lowest BCUT2D eigenvalue weighted by Gasteiger charge is -2.11. The van der Waals surface area contributed by atoms with Crippen LogP contribution < -0.4 is 0 Å². The van der Waals surface area contributed by atoms with Crippen LogP contribution in [0.3, 0.4) is 0 Å². The molecule has 1 aliphatic heterocycles. The first-order valence-electron chi connectivity index (χ1n) is 7.27. The van der Waals surface area contributed by atoms with Crippen LogP contribution in [0.5, 0.6) is 0 Å². The fourth-order valence-corrected chi connectivity index (χ4v) is 2.26. The van der Waals surface area contributed by atoms with Crippen LogP contribution in [0, 0.1) is 0 Å². The van der Waals surface area contributed by atoms with Crippen molar-refractivity contribution in [3.63, 3.8) is 0 Å². The number of hydrogen-bond acceptors (Lipinski definition) is 3. The topological polar surface area (TPSA) is 41.8 Å². The molecule has 2 aromatic carbocycles. The molecule has 0 bridgehead atoms. The lowest BCUT2D eigenvalue weighted by Crippen LogP contribution is -2.02. The van der Waals surface area contributed by atoms with E-state index in [1.54, 1.807) is 6.21 Å². The molecule has 2 aromatic rings. The van der Waals surface area contributed by atoms with Crippen LogP contribution >= 0.6 is 0 Å². The Balaban J connectivity index is 0.000000272. The SMILES string of the molecule is C1CCOC1.ON=CC(c1ccccc1)c1ccccc1. The van der Waals surface area contributed by atoms with Gasteiger partial charge in [-0.25, -0.2) is 0 Å². The first-order chi connectivity index (χ1) is 10.4. The second-order valence-electron chi connectivity index (χ2n) is 4.88. The highest BCUT2D eigenvalue weighted by molar-refractivity contribution is 5.72. The van der Waals surface area contributed by atoms with Gasteiger partial charge < -0.3 is 9.94 Å². The summed E-state index contributed by atoms with van der Waals surface area (Å²) in [6, 6.07) is 20.0. The van der Waals surface area contributed by atoms with Crippen molar-refractivity contribution in [3.05, 3.63) is 71.8 Å². The summed E-state index contributed by atoms with van der Waals surface area (Å²) in [5, 5.41) is 11.9. The Morgan fingerprint density at radius 3 is 1.67 bits per heavy atom. The predicted molar refractivity (Wildman–Crippen MR) is 85.1 cm³/mol. The summed E-state index contributed by atoms with van der Waals surface area (Å²) in [7, 11) is 0. The molecule has 3 rings (SSSR count). The number of benzene rings is 2. The van der Waals surface area contributed by atoms with Crippen molar-refractivity contribution in [1.29, 1.82) is 0 Å². The van der Waals surface area contributed by atoms with Gasteiger partial charge in [0.15, 0.2) is 0 Å². The van der Waals surface area contributed by atoms with Crippen molar-refractivity contribution < 1.29 is 9.94 Å². The van der Waals surface area contributed by atoms with Crippen LogP contribution in [-0.4, -0.2) is 24.6 Å². The maximum atomic E-state index is 8.73. The molecule has 0 saturated carbocycles. The zero-order valence-electron chi connectivity index (χ0n) is 12.1. The first-order valence-corrected chi connectivity index (χ1v) is 7.27. The molecule has 0 unspecified atom stereocenters. The summed E-state index contributed by atoms with van der Waals surface area (Å²) in [5.74, 6) is 0.00685. The van der Waals surface area contributed by atoms with Gasteiger partial charge in [0.05, 0.1) is 6.21 Å². The highest BCUT2D eigenvalue weighted by atomic mass is 16.5. The fraction of sp³-hybridized carbons (Fsp3) is 0.278. The van der Waals surface area contributed by atoms with Crippen molar-refractivity contribution in [2.24, 2.45) is 5.16 Å². The van der Waals surface area contributed by atoms with Gasteiger partial charge in [-0.05, 0) is 24.0 Å². The van der Waals surface area contributed by atoms with E-state index in [9.17, 15) is 0 Å². The Kier molecular flexibility index (Phi) is 6.49. The Morgan fingerprint density at radius 2 is 1.33 bits per heavy atom. The molecule has 1 fully saturated rings. The van der Waals surface area contributed by atoms with Gasteiger partial charge in [0.2, 0.25) is 0 Å². The zero-order valence-corrected chi connectivity index (χ0v) is 12.1. The summed E-state index contributed by atoms with van der Waals surface area (Å²) < 4.78 is 4.94. The van der Waals surface area contributed by atoms with Gasteiger partial charge in [-0.3, -0.25) is 0 Å². The smallest absolute Gasteiger partial charge is 0.0554 e. The van der Waals surface area contributed by atoms with E-state index >= 15 is 0 Å². The van der Waals surface area contributed by atoms with E-state index in [4.69, 9.17) is 9.94 Å². The van der Waals surface area contributed by atoms with Crippen LogP contribution in [0.4, 0.5) is 0 Å². The molecule has 0 aromatic heterocycles. The molecule has 0 atom stereocenters.